The minimum Gasteiger partial charge on any atom is -0.268 e. The Bertz CT molecular complexity index is 5360. The first-order valence-corrected chi connectivity index (χ1v) is 34.6. The van der Waals surface area contributed by atoms with Gasteiger partial charge in [-0.05, 0) is 194 Å². The summed E-state index contributed by atoms with van der Waals surface area (Å²) < 4.78 is 98.1. The van der Waals surface area contributed by atoms with E-state index in [1.165, 1.54) is 45.5 Å². The highest BCUT2D eigenvalue weighted by molar-refractivity contribution is 8.14. The molecule has 12 aromatic carbocycles. The SMILES string of the molecule is CC(C)c1cccc(C(C)C)c1N1C(=O)c2ccc3c4cccc5c(C6=CC7=C8C(=C9C=C(c%10ccc%11c%12ccc%13c%14c(ccc(c%15cccc%10c%15%11)c%14%12)C(=O)N(c%10c(C(C)C)cccc%10C(C)C)C%13=O)SC9(C)C7(C)S6)C(F)(F)C(F)(F)C8(F)F)ccc(c6ccc(c2c36)C1=O)c54. The molecule has 4 amide bonds. The van der Waals surface area contributed by atoms with E-state index >= 15 is 45.5 Å². The van der Waals surface area contributed by atoms with Gasteiger partial charge in [-0.25, -0.2) is 9.80 Å². The lowest BCUT2D eigenvalue weighted by Gasteiger charge is -2.47. The minimum absolute atomic E-state index is 0.0111. The average Bonchev–Trinajstić information content (AvgIpc) is 1.50. The third-order valence-electron chi connectivity index (χ3n) is 22.3. The van der Waals surface area contributed by atoms with Gasteiger partial charge in [-0.15, -0.1) is 23.5 Å². The molecule has 0 aromatic heterocycles. The van der Waals surface area contributed by atoms with Crippen molar-refractivity contribution < 1.29 is 45.5 Å². The van der Waals surface area contributed by atoms with Crippen LogP contribution in [0.4, 0.5) is 37.7 Å². The van der Waals surface area contributed by atoms with Crippen LogP contribution in [0, 0.1) is 0 Å². The van der Waals surface area contributed by atoms with Crippen LogP contribution in [0.1, 0.15) is 168 Å². The molecule has 14 heteroatoms. The van der Waals surface area contributed by atoms with Crippen LogP contribution in [-0.2, 0) is 0 Å². The number of alkyl halides is 6. The molecule has 6 aliphatic rings. The van der Waals surface area contributed by atoms with Crippen LogP contribution in [0.2, 0.25) is 0 Å². The summed E-state index contributed by atoms with van der Waals surface area (Å²) >= 11 is 2.41. The second-order valence-corrected chi connectivity index (χ2v) is 31.5. The highest BCUT2D eigenvalue weighted by Crippen LogP contribution is 2.76. The number of rotatable bonds is 8. The van der Waals surface area contributed by atoms with E-state index in [0.717, 1.165) is 86.9 Å². The maximum Gasteiger partial charge on any atom is 0.380 e. The van der Waals surface area contributed by atoms with Crippen molar-refractivity contribution >= 4 is 155 Å². The lowest BCUT2D eigenvalue weighted by molar-refractivity contribution is -0.258. The maximum atomic E-state index is 17.1. The highest BCUT2D eigenvalue weighted by atomic mass is 32.2. The van der Waals surface area contributed by atoms with Crippen molar-refractivity contribution in [3.8, 4) is 0 Å². The molecule has 1 fully saturated rings. The molecule has 4 heterocycles. The van der Waals surface area contributed by atoms with Crippen molar-refractivity contribution in [3.63, 3.8) is 0 Å². The van der Waals surface area contributed by atoms with Gasteiger partial charge >= 0.3 is 17.8 Å². The summed E-state index contributed by atoms with van der Waals surface area (Å²) in [5.41, 5.74) is 4.21. The number of hydrogen-bond donors (Lipinski definition) is 0. The van der Waals surface area contributed by atoms with Gasteiger partial charge in [0.15, 0.2) is 0 Å². The van der Waals surface area contributed by atoms with Gasteiger partial charge in [0, 0.05) is 54.0 Å². The zero-order valence-corrected chi connectivity index (χ0v) is 56.1. The average molecular weight is 1330 g/mol. The molecule has 2 aliphatic carbocycles. The molecule has 480 valence electrons. The topological polar surface area (TPSA) is 74.8 Å². The molecule has 2 unspecified atom stereocenters. The number of allylic oxidation sites excluding steroid dienone is 4. The molecule has 2 atom stereocenters. The van der Waals surface area contributed by atoms with Gasteiger partial charge in [0.05, 0.1) is 20.9 Å². The lowest BCUT2D eigenvalue weighted by atomic mass is 9.71. The van der Waals surface area contributed by atoms with Crippen LogP contribution in [0.3, 0.4) is 0 Å². The Hall–Kier alpha value is -9.24. The van der Waals surface area contributed by atoms with Crippen molar-refractivity contribution in [2.45, 2.75) is 120 Å². The molecule has 0 N–H and O–H groups in total. The first kappa shape index (κ1) is 60.2. The second kappa shape index (κ2) is 19.5. The number of nitrogens with zero attached hydrogens (tertiary/aromatic N) is 2. The number of amides is 4. The third kappa shape index (κ3) is 7.22. The second-order valence-electron chi connectivity index (χ2n) is 28.6. The molecule has 0 bridgehead atoms. The normalized spacial score (nSPS) is 21.1. The molecule has 97 heavy (non-hydrogen) atoms. The Labute approximate surface area is 562 Å². The van der Waals surface area contributed by atoms with Crippen LogP contribution in [0.15, 0.2) is 180 Å². The van der Waals surface area contributed by atoms with E-state index in [-0.39, 0.29) is 34.8 Å². The van der Waals surface area contributed by atoms with Crippen molar-refractivity contribution in [2.24, 2.45) is 0 Å². The number of para-hydroxylation sites is 2. The molecule has 6 nitrogen and oxygen atoms in total. The van der Waals surface area contributed by atoms with Gasteiger partial charge in [-0.1, -0.05) is 177 Å². The number of imide groups is 2. The van der Waals surface area contributed by atoms with Crippen molar-refractivity contribution in [1.29, 1.82) is 0 Å². The quantitative estimate of drug-likeness (QED) is 0.0653. The molecule has 0 saturated heterocycles. The maximum absolute atomic E-state index is 17.1. The number of halogens is 6. The van der Waals surface area contributed by atoms with Crippen molar-refractivity contribution in [3.05, 3.63) is 236 Å². The Morgan fingerprint density at radius 2 is 0.577 bits per heavy atom. The Balaban J connectivity index is 0.762. The van der Waals surface area contributed by atoms with Gasteiger partial charge in [-0.2, -0.15) is 26.3 Å². The fourth-order valence-electron chi connectivity index (χ4n) is 17.5. The van der Waals surface area contributed by atoms with E-state index < -0.39 is 62.0 Å². The van der Waals surface area contributed by atoms with Crippen LogP contribution in [0.25, 0.3) is 96.0 Å². The van der Waals surface area contributed by atoms with Gasteiger partial charge in [-0.3, -0.25) is 19.2 Å². The number of anilines is 2. The number of hydrogen-bond acceptors (Lipinski definition) is 6. The Morgan fingerprint density at radius 3 is 0.876 bits per heavy atom. The number of fused-ring (bicyclic) bond motifs is 8. The summed E-state index contributed by atoms with van der Waals surface area (Å²) in [6, 6.07) is 45.7. The van der Waals surface area contributed by atoms with Crippen LogP contribution >= 0.6 is 23.5 Å². The van der Waals surface area contributed by atoms with Crippen LogP contribution < -0.4 is 9.80 Å². The summed E-state index contributed by atoms with van der Waals surface area (Å²) in [4.78, 5) is 63.7. The third-order valence-corrected chi connectivity index (χ3v) is 25.6. The summed E-state index contributed by atoms with van der Waals surface area (Å²) in [5.74, 6) is -18.0. The fourth-order valence-corrected chi connectivity index (χ4v) is 20.7. The molecule has 0 radical (unpaired) electrons. The highest BCUT2D eigenvalue weighted by Gasteiger charge is 2.84. The van der Waals surface area contributed by atoms with E-state index in [0.29, 0.717) is 76.1 Å². The van der Waals surface area contributed by atoms with E-state index in [4.69, 9.17) is 0 Å². The largest absolute Gasteiger partial charge is 0.380 e. The summed E-state index contributed by atoms with van der Waals surface area (Å²) in [6.45, 7) is 19.8. The minimum atomic E-state index is -5.78. The summed E-state index contributed by atoms with van der Waals surface area (Å²) in [7, 11) is 0. The van der Waals surface area contributed by atoms with E-state index in [2.05, 4.69) is 0 Å². The molecular formula is C83H60F6N2O4S2. The number of carbonyl (C=O) groups excluding carboxylic acids is 4. The van der Waals surface area contributed by atoms with E-state index in [1.54, 1.807) is 38.1 Å². The van der Waals surface area contributed by atoms with Gasteiger partial charge < -0.3 is 0 Å². The summed E-state index contributed by atoms with van der Waals surface area (Å²) in [5, 5.41) is 11.9. The predicted octanol–water partition coefficient (Wildman–Crippen LogP) is 22.8. The number of thioether (sulfide) groups is 2. The molecule has 18 rings (SSSR count). The van der Waals surface area contributed by atoms with Gasteiger partial charge in [0.25, 0.3) is 23.6 Å². The predicted molar refractivity (Wildman–Crippen MR) is 384 cm³/mol. The Kier molecular flexibility index (Phi) is 12.1. The van der Waals surface area contributed by atoms with Crippen LogP contribution in [0.5, 0.6) is 0 Å². The van der Waals surface area contributed by atoms with Crippen molar-refractivity contribution in [1.82, 2.24) is 0 Å². The zero-order valence-electron chi connectivity index (χ0n) is 54.4. The lowest BCUT2D eigenvalue weighted by Crippen LogP contribution is -2.48. The van der Waals surface area contributed by atoms with Crippen LogP contribution in [-0.4, -0.2) is 50.9 Å². The van der Waals surface area contributed by atoms with E-state index in [9.17, 15) is 0 Å². The first-order chi connectivity index (χ1) is 46.2. The molecule has 1 saturated carbocycles. The molecule has 4 aliphatic heterocycles. The molecular weight excluding hydrogens is 1270 g/mol. The summed E-state index contributed by atoms with van der Waals surface area (Å²) in [6.07, 6.45) is 2.87. The zero-order chi connectivity index (χ0) is 67.7. The standard InChI is InChI=1S/C83H60F6N2O4S2/c1-37(2)41-15-11-16-42(38(3)4)73(41)90-75(92)57-31-27-53-49-21-13-19-47-45(23-25-51(65(47)49)55-29-33-59(77(90)94)69(57)67(53)55)63-35-61-71-72(82(86,87)83(88,89)81(71,84)85)62-36-64(97-80(62,10)79(61,9)96-63)46-24-26-52-56-30-34-60-70-58(32-28-54(68(56)70)50-22-14-20-48(46)66(50)52)76(93)91(78(60)95)74-43(39(5)6)17-12-18-44(74)40(7)8/h11-40H,1-10H3. The number of benzene rings is 12. The van der Waals surface area contributed by atoms with Gasteiger partial charge in [0.2, 0.25) is 0 Å². The van der Waals surface area contributed by atoms with E-state index in [1.807, 2.05) is 177 Å². The smallest absolute Gasteiger partial charge is 0.268 e. The molecule has 12 aromatic rings. The number of carbonyl (C=O) groups is 4. The fraction of sp³-hybridized carbons (Fsp3) is 0.229. The monoisotopic (exact) mass is 1330 g/mol. The first-order valence-electron chi connectivity index (χ1n) is 33.0. The van der Waals surface area contributed by atoms with Gasteiger partial charge in [0.1, 0.15) is 0 Å². The Morgan fingerprint density at radius 1 is 0.320 bits per heavy atom. The molecule has 0 spiro atoms. The van der Waals surface area contributed by atoms with Crippen molar-refractivity contribution in [2.75, 3.05) is 9.80 Å².